The molecule has 0 radical (unpaired) electrons. The molecule has 1 aromatic carbocycles. The Morgan fingerprint density at radius 3 is 2.58 bits per heavy atom. The van der Waals surface area contributed by atoms with Gasteiger partial charge in [0, 0.05) is 17.3 Å². The number of hydrogen-bond acceptors (Lipinski definition) is 5. The Labute approximate surface area is 163 Å². The molecular formula is C18H24ClN5OS. The highest BCUT2D eigenvalue weighted by molar-refractivity contribution is 8.00. The number of thioether (sulfide) groups is 1. The molecule has 0 aliphatic carbocycles. The van der Waals surface area contributed by atoms with Gasteiger partial charge in [-0.2, -0.15) is 0 Å². The zero-order valence-electron chi connectivity index (χ0n) is 15.4. The highest BCUT2D eigenvalue weighted by Gasteiger charge is 2.24. The summed E-state index contributed by atoms with van der Waals surface area (Å²) in [6.07, 6.45) is 1.66. The van der Waals surface area contributed by atoms with Gasteiger partial charge in [-0.25, -0.2) is 0 Å². The van der Waals surface area contributed by atoms with Crippen LogP contribution in [0, 0.1) is 0 Å². The summed E-state index contributed by atoms with van der Waals surface area (Å²) in [5.74, 6) is 0.737. The van der Waals surface area contributed by atoms with Crippen LogP contribution in [0.1, 0.15) is 25.7 Å². The number of hydrogen-bond donors (Lipinski definition) is 1. The average molecular weight is 394 g/mol. The summed E-state index contributed by atoms with van der Waals surface area (Å²) in [5.41, 5.74) is 0.907. The standard InChI is InChI=1S/C18H24ClN5OS/c1-6-11-20-17(25)13(3)26-18-22-21-16(12(2)23(4)5)24(18)15-9-7-14(19)8-10-15/h6-10,12-13H,1,11H2,2-5H3,(H,20,25)/t12-,13-/m1/s1. The van der Waals surface area contributed by atoms with Gasteiger partial charge in [0.15, 0.2) is 11.0 Å². The smallest absolute Gasteiger partial charge is 0.233 e. The third-order valence-corrected chi connectivity index (χ3v) is 5.26. The molecule has 1 heterocycles. The fourth-order valence-corrected chi connectivity index (χ4v) is 3.24. The third kappa shape index (κ3) is 4.87. The predicted molar refractivity (Wildman–Crippen MR) is 107 cm³/mol. The molecular weight excluding hydrogens is 370 g/mol. The minimum atomic E-state index is -0.312. The summed E-state index contributed by atoms with van der Waals surface area (Å²) >= 11 is 7.39. The van der Waals surface area contributed by atoms with E-state index in [1.54, 1.807) is 6.08 Å². The highest BCUT2D eigenvalue weighted by atomic mass is 35.5. The molecule has 1 aromatic heterocycles. The molecule has 26 heavy (non-hydrogen) atoms. The molecule has 0 aliphatic rings. The van der Waals surface area contributed by atoms with Gasteiger partial charge in [-0.1, -0.05) is 29.4 Å². The summed E-state index contributed by atoms with van der Waals surface area (Å²) < 4.78 is 1.98. The third-order valence-electron chi connectivity index (χ3n) is 3.96. The molecule has 0 saturated heterocycles. The zero-order valence-corrected chi connectivity index (χ0v) is 17.0. The molecule has 1 amide bonds. The fraction of sp³-hybridized carbons (Fsp3) is 0.389. The van der Waals surface area contributed by atoms with E-state index in [0.29, 0.717) is 16.7 Å². The van der Waals surface area contributed by atoms with Crippen LogP contribution in [0.15, 0.2) is 42.1 Å². The number of nitrogens with zero attached hydrogens (tertiary/aromatic N) is 4. The van der Waals surface area contributed by atoms with Gasteiger partial charge in [0.2, 0.25) is 5.91 Å². The molecule has 0 unspecified atom stereocenters. The normalized spacial score (nSPS) is 13.5. The summed E-state index contributed by atoms with van der Waals surface area (Å²) in [6.45, 7) is 7.96. The van der Waals surface area contributed by atoms with Gasteiger partial charge < -0.3 is 5.32 Å². The molecule has 0 spiro atoms. The Kier molecular flexibility index (Phi) is 7.25. The van der Waals surface area contributed by atoms with Gasteiger partial charge >= 0.3 is 0 Å². The molecule has 140 valence electrons. The number of rotatable bonds is 8. The molecule has 8 heteroatoms. The topological polar surface area (TPSA) is 63.1 Å². The fourth-order valence-electron chi connectivity index (χ4n) is 2.22. The van der Waals surface area contributed by atoms with Gasteiger partial charge in [-0.3, -0.25) is 14.3 Å². The van der Waals surface area contributed by atoms with Crippen LogP contribution in [0.5, 0.6) is 0 Å². The molecule has 2 rings (SSSR count). The van der Waals surface area contributed by atoms with Crippen LogP contribution >= 0.6 is 23.4 Å². The SMILES string of the molecule is C=CCNC(=O)[C@@H](C)Sc1nnc([C@@H](C)N(C)C)n1-c1ccc(Cl)cc1. The minimum absolute atomic E-state index is 0.0532. The monoisotopic (exact) mass is 393 g/mol. The van der Waals surface area contributed by atoms with Crippen molar-refractivity contribution >= 4 is 29.3 Å². The zero-order chi connectivity index (χ0) is 19.3. The van der Waals surface area contributed by atoms with Crippen LogP contribution in [0.3, 0.4) is 0 Å². The van der Waals surface area contributed by atoms with Gasteiger partial charge in [0.1, 0.15) is 0 Å². The summed E-state index contributed by atoms with van der Waals surface area (Å²) in [5, 5.41) is 12.5. The molecule has 0 fully saturated rings. The quantitative estimate of drug-likeness (QED) is 0.550. The minimum Gasteiger partial charge on any atom is -0.352 e. The number of halogens is 1. The lowest BCUT2D eigenvalue weighted by Gasteiger charge is -2.21. The van der Waals surface area contributed by atoms with Crippen LogP contribution in [0.2, 0.25) is 5.02 Å². The summed E-state index contributed by atoms with van der Waals surface area (Å²) in [7, 11) is 3.98. The van der Waals surface area contributed by atoms with Crippen LogP contribution in [-0.2, 0) is 4.79 Å². The lowest BCUT2D eigenvalue weighted by Crippen LogP contribution is -2.31. The number of benzene rings is 1. The first-order chi connectivity index (χ1) is 12.3. The first-order valence-corrected chi connectivity index (χ1v) is 9.53. The van der Waals surface area contributed by atoms with Crippen molar-refractivity contribution in [1.82, 2.24) is 25.0 Å². The lowest BCUT2D eigenvalue weighted by molar-refractivity contribution is -0.120. The van der Waals surface area contributed by atoms with E-state index in [2.05, 4.69) is 33.9 Å². The largest absolute Gasteiger partial charge is 0.352 e. The van der Waals surface area contributed by atoms with Gasteiger partial charge in [0.25, 0.3) is 0 Å². The molecule has 6 nitrogen and oxygen atoms in total. The maximum absolute atomic E-state index is 12.2. The Balaban J connectivity index is 2.38. The van der Waals surface area contributed by atoms with Crippen LogP contribution < -0.4 is 5.32 Å². The Morgan fingerprint density at radius 1 is 1.35 bits per heavy atom. The Bertz CT molecular complexity index is 759. The highest BCUT2D eigenvalue weighted by Crippen LogP contribution is 2.29. The molecule has 1 N–H and O–H groups in total. The second-order valence-corrected chi connectivity index (χ2v) is 7.83. The van der Waals surface area contributed by atoms with Gasteiger partial charge in [-0.05, 0) is 52.2 Å². The second-order valence-electron chi connectivity index (χ2n) is 6.09. The van der Waals surface area contributed by atoms with Crippen molar-refractivity contribution in [2.45, 2.75) is 30.3 Å². The number of carbonyl (C=O) groups is 1. The molecule has 2 aromatic rings. The van der Waals surface area contributed by atoms with E-state index >= 15 is 0 Å². The number of nitrogens with one attached hydrogen (secondary N) is 1. The van der Waals surface area contributed by atoms with E-state index in [1.165, 1.54) is 11.8 Å². The van der Waals surface area contributed by atoms with Crippen molar-refractivity contribution in [2.75, 3.05) is 20.6 Å². The van der Waals surface area contributed by atoms with E-state index in [1.807, 2.05) is 49.9 Å². The van der Waals surface area contributed by atoms with E-state index in [9.17, 15) is 4.79 Å². The second kappa shape index (κ2) is 9.21. The Hall–Kier alpha value is -1.83. The van der Waals surface area contributed by atoms with E-state index in [-0.39, 0.29) is 17.2 Å². The van der Waals surface area contributed by atoms with Crippen molar-refractivity contribution in [1.29, 1.82) is 0 Å². The van der Waals surface area contributed by atoms with E-state index in [0.717, 1.165) is 11.5 Å². The van der Waals surface area contributed by atoms with E-state index < -0.39 is 0 Å². The maximum Gasteiger partial charge on any atom is 0.233 e. The Morgan fingerprint density at radius 2 is 2.00 bits per heavy atom. The first kappa shape index (κ1) is 20.5. The molecule has 0 aliphatic heterocycles. The van der Waals surface area contributed by atoms with Crippen molar-refractivity contribution in [2.24, 2.45) is 0 Å². The van der Waals surface area contributed by atoms with Crippen molar-refractivity contribution in [3.63, 3.8) is 0 Å². The predicted octanol–water partition coefficient (Wildman–Crippen LogP) is 3.33. The van der Waals surface area contributed by atoms with Crippen LogP contribution in [0.25, 0.3) is 5.69 Å². The molecule has 0 saturated carbocycles. The first-order valence-electron chi connectivity index (χ1n) is 8.28. The van der Waals surface area contributed by atoms with Crippen molar-refractivity contribution in [3.8, 4) is 5.69 Å². The number of carbonyl (C=O) groups excluding carboxylic acids is 1. The average Bonchev–Trinajstić information content (AvgIpc) is 3.02. The van der Waals surface area contributed by atoms with Crippen molar-refractivity contribution in [3.05, 3.63) is 47.8 Å². The summed E-state index contributed by atoms with van der Waals surface area (Å²) in [4.78, 5) is 14.2. The van der Waals surface area contributed by atoms with Gasteiger partial charge in [-0.15, -0.1) is 16.8 Å². The van der Waals surface area contributed by atoms with E-state index in [4.69, 9.17) is 11.6 Å². The van der Waals surface area contributed by atoms with Crippen molar-refractivity contribution < 1.29 is 4.79 Å². The summed E-state index contributed by atoms with van der Waals surface area (Å²) in [6, 6.07) is 7.55. The lowest BCUT2D eigenvalue weighted by atomic mass is 10.2. The number of aromatic nitrogens is 3. The molecule has 0 bridgehead atoms. The maximum atomic E-state index is 12.2. The number of amides is 1. The van der Waals surface area contributed by atoms with Crippen LogP contribution in [0.4, 0.5) is 0 Å². The van der Waals surface area contributed by atoms with Gasteiger partial charge in [0.05, 0.1) is 11.3 Å². The van der Waals surface area contributed by atoms with Crippen LogP contribution in [-0.4, -0.2) is 51.5 Å². The molecule has 2 atom stereocenters.